The molecule has 0 saturated heterocycles. The van der Waals surface area contributed by atoms with Gasteiger partial charge in [0, 0.05) is 37.9 Å². The van der Waals surface area contributed by atoms with Crippen molar-refractivity contribution < 1.29 is 4.79 Å². The van der Waals surface area contributed by atoms with Crippen LogP contribution < -0.4 is 10.6 Å². The Labute approximate surface area is 109 Å². The average molecular weight is 252 g/mol. The lowest BCUT2D eigenvalue weighted by molar-refractivity contribution is -0.121. The van der Waals surface area contributed by atoms with Gasteiger partial charge in [0.2, 0.25) is 5.91 Å². The molecule has 0 aliphatic heterocycles. The molecule has 0 bridgehead atoms. The summed E-state index contributed by atoms with van der Waals surface area (Å²) in [5.41, 5.74) is 1.17. The molecular weight excluding hydrogens is 228 g/mol. The zero-order valence-electron chi connectivity index (χ0n) is 11.7. The average Bonchev–Trinajstić information content (AvgIpc) is 2.70. The third-order valence-corrected chi connectivity index (χ3v) is 3.15. The van der Waals surface area contributed by atoms with Gasteiger partial charge in [-0.05, 0) is 18.9 Å². The summed E-state index contributed by atoms with van der Waals surface area (Å²) in [7, 11) is 1.92. The summed E-state index contributed by atoms with van der Waals surface area (Å²) in [5.74, 6) is 0.518. The van der Waals surface area contributed by atoms with Crippen molar-refractivity contribution in [3.05, 3.63) is 18.0 Å². The largest absolute Gasteiger partial charge is 0.352 e. The molecule has 1 aromatic heterocycles. The summed E-state index contributed by atoms with van der Waals surface area (Å²) in [6.07, 6.45) is 2.66. The fourth-order valence-corrected chi connectivity index (χ4v) is 1.54. The van der Waals surface area contributed by atoms with Crippen molar-refractivity contribution >= 4 is 5.91 Å². The maximum atomic E-state index is 11.6. The van der Waals surface area contributed by atoms with Crippen LogP contribution in [-0.2, 0) is 18.3 Å². The van der Waals surface area contributed by atoms with Gasteiger partial charge < -0.3 is 10.6 Å². The summed E-state index contributed by atoms with van der Waals surface area (Å²) in [6, 6.07) is 2.21. The van der Waals surface area contributed by atoms with Crippen molar-refractivity contribution in [3.8, 4) is 0 Å². The van der Waals surface area contributed by atoms with E-state index in [1.54, 1.807) is 6.20 Å². The maximum absolute atomic E-state index is 11.6. The molecule has 5 heteroatoms. The number of amides is 1. The van der Waals surface area contributed by atoms with E-state index in [1.165, 1.54) is 5.69 Å². The Morgan fingerprint density at radius 2 is 2.17 bits per heavy atom. The van der Waals surface area contributed by atoms with Crippen molar-refractivity contribution in [2.24, 2.45) is 13.0 Å². The van der Waals surface area contributed by atoms with E-state index in [-0.39, 0.29) is 11.9 Å². The van der Waals surface area contributed by atoms with E-state index in [4.69, 9.17) is 0 Å². The summed E-state index contributed by atoms with van der Waals surface area (Å²) in [6.45, 7) is 7.37. The minimum atomic E-state index is 0.0567. The summed E-state index contributed by atoms with van der Waals surface area (Å²) >= 11 is 0. The van der Waals surface area contributed by atoms with E-state index < -0.39 is 0 Å². The molecule has 0 saturated carbocycles. The predicted molar refractivity (Wildman–Crippen MR) is 72.2 cm³/mol. The quantitative estimate of drug-likeness (QED) is 0.703. The Morgan fingerprint density at radius 1 is 1.44 bits per heavy atom. The molecule has 1 atom stereocenters. The van der Waals surface area contributed by atoms with Gasteiger partial charge in [-0.1, -0.05) is 13.8 Å². The van der Waals surface area contributed by atoms with Crippen LogP contribution in [0.25, 0.3) is 0 Å². The lowest BCUT2D eigenvalue weighted by Crippen LogP contribution is -2.41. The van der Waals surface area contributed by atoms with Crippen LogP contribution in [0.3, 0.4) is 0 Å². The van der Waals surface area contributed by atoms with Crippen LogP contribution in [0.15, 0.2) is 12.3 Å². The van der Waals surface area contributed by atoms with Gasteiger partial charge in [0.1, 0.15) is 0 Å². The zero-order valence-corrected chi connectivity index (χ0v) is 11.7. The first-order chi connectivity index (χ1) is 8.50. The van der Waals surface area contributed by atoms with Crippen molar-refractivity contribution in [3.63, 3.8) is 0 Å². The van der Waals surface area contributed by atoms with Crippen molar-refractivity contribution in [2.75, 3.05) is 13.1 Å². The summed E-state index contributed by atoms with van der Waals surface area (Å²) in [4.78, 5) is 11.6. The number of nitrogens with zero attached hydrogens (tertiary/aromatic N) is 2. The first-order valence-electron chi connectivity index (χ1n) is 6.47. The molecule has 1 amide bonds. The lowest BCUT2D eigenvalue weighted by atomic mass is 10.1. The highest BCUT2D eigenvalue weighted by Crippen LogP contribution is 1.99. The molecule has 0 spiro atoms. The van der Waals surface area contributed by atoms with Gasteiger partial charge in [0.15, 0.2) is 0 Å². The summed E-state index contributed by atoms with van der Waals surface area (Å²) < 4.78 is 1.85. The van der Waals surface area contributed by atoms with Gasteiger partial charge in [-0.25, -0.2) is 0 Å². The highest BCUT2D eigenvalue weighted by atomic mass is 16.1. The molecule has 102 valence electrons. The molecular formula is C13H24N4O. The molecule has 1 aromatic rings. The van der Waals surface area contributed by atoms with Gasteiger partial charge in [-0.15, -0.1) is 0 Å². The van der Waals surface area contributed by atoms with Crippen LogP contribution in [0.5, 0.6) is 0 Å². The van der Waals surface area contributed by atoms with Crippen LogP contribution in [-0.4, -0.2) is 34.8 Å². The lowest BCUT2D eigenvalue weighted by Gasteiger charge is -2.17. The SMILES string of the molecule is CC(C)C(C)NC(=O)CNCCc1ccnn1C. The number of nitrogens with one attached hydrogen (secondary N) is 2. The fourth-order valence-electron chi connectivity index (χ4n) is 1.54. The smallest absolute Gasteiger partial charge is 0.234 e. The highest BCUT2D eigenvalue weighted by Gasteiger charge is 2.09. The number of aromatic nitrogens is 2. The molecule has 0 fully saturated rings. The van der Waals surface area contributed by atoms with Crippen LogP contribution >= 0.6 is 0 Å². The van der Waals surface area contributed by atoms with Gasteiger partial charge in [0.05, 0.1) is 6.54 Å². The Kier molecular flexibility index (Phi) is 5.85. The monoisotopic (exact) mass is 252 g/mol. The zero-order chi connectivity index (χ0) is 13.5. The van der Waals surface area contributed by atoms with Gasteiger partial charge >= 0.3 is 0 Å². The van der Waals surface area contributed by atoms with Crippen LogP contribution in [0.4, 0.5) is 0 Å². The molecule has 0 aromatic carbocycles. The second kappa shape index (κ2) is 7.16. The number of carbonyl (C=O) groups excluding carboxylic acids is 1. The molecule has 2 N–H and O–H groups in total. The third kappa shape index (κ3) is 4.87. The normalized spacial score (nSPS) is 12.7. The van der Waals surface area contributed by atoms with Crippen LogP contribution in [0.1, 0.15) is 26.5 Å². The first kappa shape index (κ1) is 14.7. The molecule has 1 rings (SSSR count). The van der Waals surface area contributed by atoms with Gasteiger partial charge in [-0.3, -0.25) is 9.48 Å². The van der Waals surface area contributed by atoms with E-state index >= 15 is 0 Å². The van der Waals surface area contributed by atoms with Gasteiger partial charge in [-0.2, -0.15) is 5.10 Å². The molecule has 5 nitrogen and oxygen atoms in total. The molecule has 0 aliphatic rings. The van der Waals surface area contributed by atoms with E-state index in [1.807, 2.05) is 24.7 Å². The van der Waals surface area contributed by atoms with E-state index in [2.05, 4.69) is 29.6 Å². The van der Waals surface area contributed by atoms with Crippen molar-refractivity contribution in [1.29, 1.82) is 0 Å². The topological polar surface area (TPSA) is 59.0 Å². The van der Waals surface area contributed by atoms with Gasteiger partial charge in [0.25, 0.3) is 0 Å². The number of rotatable bonds is 7. The molecule has 0 aliphatic carbocycles. The number of hydrogen-bond acceptors (Lipinski definition) is 3. The number of aryl methyl sites for hydroxylation is 1. The second-order valence-electron chi connectivity index (χ2n) is 4.97. The summed E-state index contributed by atoms with van der Waals surface area (Å²) in [5, 5.41) is 10.2. The van der Waals surface area contributed by atoms with E-state index in [0.717, 1.165) is 13.0 Å². The molecule has 18 heavy (non-hydrogen) atoms. The van der Waals surface area contributed by atoms with E-state index in [0.29, 0.717) is 12.5 Å². The Morgan fingerprint density at radius 3 is 2.72 bits per heavy atom. The Bertz CT molecular complexity index is 373. The van der Waals surface area contributed by atoms with Crippen LogP contribution in [0, 0.1) is 5.92 Å². The second-order valence-corrected chi connectivity index (χ2v) is 4.97. The standard InChI is InChI=1S/C13H24N4O/c1-10(2)11(3)16-13(18)9-14-7-5-12-6-8-15-17(12)4/h6,8,10-11,14H,5,7,9H2,1-4H3,(H,16,18). The van der Waals surface area contributed by atoms with Crippen molar-refractivity contribution in [1.82, 2.24) is 20.4 Å². The Hall–Kier alpha value is -1.36. The maximum Gasteiger partial charge on any atom is 0.234 e. The number of carbonyl (C=O) groups is 1. The molecule has 1 heterocycles. The first-order valence-corrected chi connectivity index (χ1v) is 6.47. The molecule has 1 unspecified atom stereocenters. The fraction of sp³-hybridized carbons (Fsp3) is 0.692. The van der Waals surface area contributed by atoms with Crippen LogP contribution in [0.2, 0.25) is 0 Å². The third-order valence-electron chi connectivity index (χ3n) is 3.15. The van der Waals surface area contributed by atoms with Crippen molar-refractivity contribution in [2.45, 2.75) is 33.2 Å². The minimum Gasteiger partial charge on any atom is -0.352 e. The highest BCUT2D eigenvalue weighted by molar-refractivity contribution is 5.78. The molecule has 0 radical (unpaired) electrons. The predicted octanol–water partition coefficient (Wildman–Crippen LogP) is 0.713. The Balaban J connectivity index is 2.14. The van der Waals surface area contributed by atoms with E-state index in [9.17, 15) is 4.79 Å². The minimum absolute atomic E-state index is 0.0567. The number of hydrogen-bond donors (Lipinski definition) is 2.